The second-order valence-corrected chi connectivity index (χ2v) is 27.2. The first kappa shape index (κ1) is 83.1. The highest BCUT2D eigenvalue weighted by Gasteiger charge is 2.30. The van der Waals surface area contributed by atoms with Crippen LogP contribution in [0, 0.1) is 5.92 Å². The van der Waals surface area contributed by atoms with E-state index in [0.29, 0.717) is 25.7 Å². The Bertz CT molecular complexity index is 1650. The molecule has 0 aliphatic rings. The fraction of sp³-hybridized carbons (Fsp3) is 0.939. The van der Waals surface area contributed by atoms with E-state index in [4.69, 9.17) is 37.0 Å². The number of ether oxygens (including phenoxy) is 4. The van der Waals surface area contributed by atoms with E-state index in [1.54, 1.807) is 0 Å². The molecular formula is C66H128O17P2. The van der Waals surface area contributed by atoms with Crippen LogP contribution in [-0.2, 0) is 65.4 Å². The van der Waals surface area contributed by atoms with E-state index in [1.165, 1.54) is 154 Å². The Hall–Kier alpha value is -1.94. The highest BCUT2D eigenvalue weighted by molar-refractivity contribution is 7.47. The van der Waals surface area contributed by atoms with Gasteiger partial charge in [0.15, 0.2) is 12.2 Å². The van der Waals surface area contributed by atoms with Crippen LogP contribution in [0.25, 0.3) is 0 Å². The molecule has 2 unspecified atom stereocenters. The van der Waals surface area contributed by atoms with Gasteiger partial charge in [0.25, 0.3) is 0 Å². The maximum Gasteiger partial charge on any atom is 0.472 e. The first-order valence-electron chi connectivity index (χ1n) is 34.6. The maximum atomic E-state index is 13.0. The molecule has 0 heterocycles. The number of carbonyl (C=O) groups excluding carboxylic acids is 4. The van der Waals surface area contributed by atoms with Gasteiger partial charge >= 0.3 is 39.5 Å². The van der Waals surface area contributed by atoms with E-state index in [2.05, 4.69) is 34.6 Å². The number of aliphatic hydroxyl groups is 1. The number of carbonyl (C=O) groups is 4. The zero-order valence-corrected chi connectivity index (χ0v) is 56.5. The van der Waals surface area contributed by atoms with E-state index >= 15 is 0 Å². The smallest absolute Gasteiger partial charge is 0.462 e. The lowest BCUT2D eigenvalue weighted by Gasteiger charge is -2.21. The lowest BCUT2D eigenvalue weighted by Crippen LogP contribution is -2.30. The number of aliphatic hydroxyl groups excluding tert-OH is 1. The lowest BCUT2D eigenvalue weighted by atomic mass is 10.0. The summed E-state index contributed by atoms with van der Waals surface area (Å²) in [4.78, 5) is 71.7. The Morgan fingerprint density at radius 3 is 0.800 bits per heavy atom. The SMILES string of the molecule is CCCCCCCCCCCCCCCCCCCCCCCC(=O)O[C@H](COC(=O)CCCCCCCCCCCCCC(C)C)COP(=O)(O)OC[C@@H](O)COP(=O)(O)OC[C@@H](COC(=O)CCCCCCC)OC(=O)CCCCCCC. The van der Waals surface area contributed by atoms with Gasteiger partial charge in [0.1, 0.15) is 19.3 Å². The summed E-state index contributed by atoms with van der Waals surface area (Å²) >= 11 is 0. The van der Waals surface area contributed by atoms with E-state index < -0.39 is 97.5 Å². The van der Waals surface area contributed by atoms with Crippen LogP contribution in [0.5, 0.6) is 0 Å². The molecule has 0 fully saturated rings. The van der Waals surface area contributed by atoms with E-state index in [-0.39, 0.29) is 25.7 Å². The van der Waals surface area contributed by atoms with E-state index in [1.807, 2.05) is 0 Å². The number of unbranched alkanes of at least 4 members (excludes halogenated alkanes) is 38. The highest BCUT2D eigenvalue weighted by atomic mass is 31.2. The Kier molecular flexibility index (Phi) is 58.3. The molecule has 0 saturated carbocycles. The standard InChI is InChI=1S/C66H128O17P2/c1-6-9-12-15-16-17-18-19-20-21-22-23-24-25-26-27-30-34-37-42-47-52-66(71)83-62(56-77-64(69)50-45-41-36-33-31-28-29-32-35-40-43-48-59(4)5)58-81-85(74,75)79-54-60(67)53-78-84(72,73)80-57-61(82-65(70)51-46-39-14-11-8-3)55-76-63(68)49-44-38-13-10-7-2/h59-62,67H,6-58H2,1-5H3,(H,72,73)(H,74,75)/t60-,61+,62+/m0/s1. The molecule has 17 nitrogen and oxygen atoms in total. The molecule has 0 aromatic carbocycles. The minimum absolute atomic E-state index is 0.0989. The fourth-order valence-corrected chi connectivity index (χ4v) is 11.5. The van der Waals surface area contributed by atoms with Crippen molar-refractivity contribution in [2.75, 3.05) is 39.6 Å². The van der Waals surface area contributed by atoms with Gasteiger partial charge in [0.2, 0.25) is 0 Å². The van der Waals surface area contributed by atoms with Crippen molar-refractivity contribution in [3.05, 3.63) is 0 Å². The average molecular weight is 1260 g/mol. The summed E-state index contributed by atoms with van der Waals surface area (Å²) in [6.45, 7) is 7.03. The van der Waals surface area contributed by atoms with Crippen LogP contribution in [0.4, 0.5) is 0 Å². The molecular weight excluding hydrogens is 1130 g/mol. The largest absolute Gasteiger partial charge is 0.472 e. The van der Waals surface area contributed by atoms with E-state index in [9.17, 15) is 43.2 Å². The Labute approximate surface area is 517 Å². The van der Waals surface area contributed by atoms with Gasteiger partial charge in [-0.3, -0.25) is 37.3 Å². The van der Waals surface area contributed by atoms with E-state index in [0.717, 1.165) is 102 Å². The van der Waals surface area contributed by atoms with Gasteiger partial charge in [0, 0.05) is 25.7 Å². The first-order valence-corrected chi connectivity index (χ1v) is 37.6. The van der Waals surface area contributed by atoms with Gasteiger partial charge in [-0.25, -0.2) is 9.13 Å². The molecule has 0 radical (unpaired) electrons. The molecule has 0 amide bonds. The molecule has 3 N–H and O–H groups in total. The van der Waals surface area contributed by atoms with Crippen LogP contribution in [-0.4, -0.2) is 96.7 Å². The summed E-state index contributed by atoms with van der Waals surface area (Å²) in [6.07, 6.45) is 45.5. The van der Waals surface area contributed by atoms with Crippen LogP contribution in [0.2, 0.25) is 0 Å². The van der Waals surface area contributed by atoms with Gasteiger partial charge in [-0.05, 0) is 31.6 Å². The number of phosphoric acid groups is 2. The number of hydrogen-bond acceptors (Lipinski definition) is 15. The van der Waals surface area contributed by atoms with Crippen molar-refractivity contribution in [2.45, 2.75) is 355 Å². The first-order chi connectivity index (χ1) is 41.0. The second kappa shape index (κ2) is 59.7. The number of phosphoric ester groups is 2. The Balaban J connectivity index is 5.04. The number of rotatable bonds is 66. The Morgan fingerprint density at radius 2 is 0.541 bits per heavy atom. The molecule has 0 spiro atoms. The normalized spacial score (nSPS) is 14.2. The summed E-state index contributed by atoms with van der Waals surface area (Å²) in [5.74, 6) is -1.38. The summed E-state index contributed by atoms with van der Waals surface area (Å²) in [6, 6.07) is 0. The van der Waals surface area contributed by atoms with Crippen LogP contribution >= 0.6 is 15.6 Å². The molecule has 19 heteroatoms. The summed E-state index contributed by atoms with van der Waals surface area (Å²) in [5.41, 5.74) is 0. The van der Waals surface area contributed by atoms with Gasteiger partial charge in [-0.15, -0.1) is 0 Å². The minimum Gasteiger partial charge on any atom is -0.462 e. The number of hydrogen-bond donors (Lipinski definition) is 3. The summed E-state index contributed by atoms with van der Waals surface area (Å²) in [5, 5.41) is 10.5. The van der Waals surface area contributed by atoms with Crippen LogP contribution in [0.3, 0.4) is 0 Å². The summed E-state index contributed by atoms with van der Waals surface area (Å²) in [7, 11) is -9.87. The van der Waals surface area contributed by atoms with Gasteiger partial charge in [-0.1, -0.05) is 285 Å². The van der Waals surface area contributed by atoms with Crippen LogP contribution < -0.4 is 0 Å². The predicted octanol–water partition coefficient (Wildman–Crippen LogP) is 18.6. The van der Waals surface area contributed by atoms with Gasteiger partial charge < -0.3 is 33.8 Å². The topological polar surface area (TPSA) is 237 Å². The van der Waals surface area contributed by atoms with Crippen LogP contribution in [0.1, 0.15) is 336 Å². The van der Waals surface area contributed by atoms with Gasteiger partial charge in [-0.2, -0.15) is 0 Å². The molecule has 0 aromatic rings. The van der Waals surface area contributed by atoms with Crippen LogP contribution in [0.15, 0.2) is 0 Å². The maximum absolute atomic E-state index is 13.0. The van der Waals surface area contributed by atoms with Crippen molar-refractivity contribution in [1.29, 1.82) is 0 Å². The molecule has 0 bridgehead atoms. The van der Waals surface area contributed by atoms with Crippen molar-refractivity contribution in [2.24, 2.45) is 5.92 Å². The third-order valence-electron chi connectivity index (χ3n) is 15.3. The third kappa shape index (κ3) is 60.7. The molecule has 0 aliphatic heterocycles. The minimum atomic E-state index is -4.94. The monoisotopic (exact) mass is 1250 g/mol. The van der Waals surface area contributed by atoms with Crippen molar-refractivity contribution in [3.8, 4) is 0 Å². The number of esters is 4. The second-order valence-electron chi connectivity index (χ2n) is 24.3. The fourth-order valence-electron chi connectivity index (χ4n) is 9.94. The molecule has 0 aromatic heterocycles. The quantitative estimate of drug-likeness (QED) is 0.0222. The Morgan fingerprint density at radius 1 is 0.318 bits per heavy atom. The molecule has 504 valence electrons. The van der Waals surface area contributed by atoms with Gasteiger partial charge in [0.05, 0.1) is 26.4 Å². The predicted molar refractivity (Wildman–Crippen MR) is 340 cm³/mol. The zero-order chi connectivity index (χ0) is 62.8. The molecule has 5 atom stereocenters. The zero-order valence-electron chi connectivity index (χ0n) is 54.7. The third-order valence-corrected chi connectivity index (χ3v) is 17.2. The van der Waals surface area contributed by atoms with Crippen molar-refractivity contribution in [1.82, 2.24) is 0 Å². The van der Waals surface area contributed by atoms with Crippen molar-refractivity contribution < 1.29 is 80.2 Å². The highest BCUT2D eigenvalue weighted by Crippen LogP contribution is 2.45. The van der Waals surface area contributed by atoms with Crippen molar-refractivity contribution >= 4 is 39.5 Å². The molecule has 0 aliphatic carbocycles. The lowest BCUT2D eigenvalue weighted by molar-refractivity contribution is -0.161. The molecule has 0 saturated heterocycles. The molecule has 0 rings (SSSR count). The summed E-state index contributed by atoms with van der Waals surface area (Å²) < 4.78 is 67.6. The molecule has 85 heavy (non-hydrogen) atoms. The van der Waals surface area contributed by atoms with Crippen molar-refractivity contribution in [3.63, 3.8) is 0 Å². The average Bonchev–Trinajstić information content (AvgIpc) is 3.57.